The Hall–Kier alpha value is -2.44. The number of aromatic nitrogens is 4. The van der Waals surface area contributed by atoms with Gasteiger partial charge in [0.1, 0.15) is 0 Å². The van der Waals surface area contributed by atoms with Crippen LogP contribution in [0.4, 0.5) is 5.82 Å². The van der Waals surface area contributed by atoms with Crippen LogP contribution in [0.3, 0.4) is 0 Å². The molecule has 1 atom stereocenters. The Labute approximate surface area is 147 Å². The molecule has 1 saturated heterocycles. The van der Waals surface area contributed by atoms with Crippen molar-refractivity contribution in [2.24, 2.45) is 0 Å². The van der Waals surface area contributed by atoms with E-state index in [2.05, 4.69) is 15.3 Å². The number of hydrogen-bond acceptors (Lipinski definition) is 5. The summed E-state index contributed by atoms with van der Waals surface area (Å²) in [5.74, 6) is 0.868. The molecule has 7 heteroatoms. The minimum Gasteiger partial charge on any atom is -0.361 e. The van der Waals surface area contributed by atoms with E-state index in [9.17, 15) is 4.79 Å². The van der Waals surface area contributed by atoms with Gasteiger partial charge in [0.05, 0.1) is 29.5 Å². The van der Waals surface area contributed by atoms with Gasteiger partial charge in [0.2, 0.25) is 0 Å². The average Bonchev–Trinajstić information content (AvgIpc) is 3.22. The van der Waals surface area contributed by atoms with Crippen LogP contribution in [0.2, 0.25) is 0 Å². The van der Waals surface area contributed by atoms with Crippen LogP contribution < -0.4 is 4.90 Å². The highest BCUT2D eigenvalue weighted by Crippen LogP contribution is 2.33. The maximum absolute atomic E-state index is 13.0. The van der Waals surface area contributed by atoms with Gasteiger partial charge in [-0.2, -0.15) is 10.2 Å². The smallest absolute Gasteiger partial charge is 0.257 e. The minimum absolute atomic E-state index is 0.00302. The average molecular weight is 340 g/mol. The lowest BCUT2D eigenvalue weighted by Gasteiger charge is -2.26. The fourth-order valence-electron chi connectivity index (χ4n) is 3.53. The lowest BCUT2D eigenvalue weighted by atomic mass is 9.93. The predicted octanol–water partition coefficient (Wildman–Crippen LogP) is 2.44. The van der Waals surface area contributed by atoms with Crippen molar-refractivity contribution in [3.63, 3.8) is 0 Å². The van der Waals surface area contributed by atoms with E-state index in [1.165, 1.54) is 6.42 Å². The van der Waals surface area contributed by atoms with Gasteiger partial charge in [-0.1, -0.05) is 0 Å². The first-order chi connectivity index (χ1) is 12.1. The lowest BCUT2D eigenvalue weighted by Crippen LogP contribution is -2.31. The third-order valence-electron chi connectivity index (χ3n) is 5.28. The Bertz CT molecular complexity index is 749. The summed E-state index contributed by atoms with van der Waals surface area (Å²) < 4.78 is 1.95. The van der Waals surface area contributed by atoms with Crippen LogP contribution in [0.5, 0.6) is 0 Å². The summed E-state index contributed by atoms with van der Waals surface area (Å²) in [5.41, 5.74) is 1.54. The Morgan fingerprint density at radius 1 is 1.16 bits per heavy atom. The molecule has 1 aliphatic heterocycles. The third kappa shape index (κ3) is 2.99. The quantitative estimate of drug-likeness (QED) is 0.855. The van der Waals surface area contributed by atoms with E-state index in [0.717, 1.165) is 43.7 Å². The first-order valence-electron chi connectivity index (χ1n) is 8.99. The Morgan fingerprint density at radius 2 is 2.00 bits per heavy atom. The second-order valence-electron chi connectivity index (χ2n) is 7.16. The number of carbonyl (C=O) groups is 1. The molecule has 0 radical (unpaired) electrons. The molecular formula is C18H24N6O. The largest absolute Gasteiger partial charge is 0.361 e. The Morgan fingerprint density at radius 3 is 2.64 bits per heavy atom. The molecule has 2 fully saturated rings. The van der Waals surface area contributed by atoms with Crippen molar-refractivity contribution in [1.29, 1.82) is 0 Å². The molecule has 1 aliphatic carbocycles. The zero-order valence-electron chi connectivity index (χ0n) is 14.8. The molecule has 0 N–H and O–H groups in total. The van der Waals surface area contributed by atoms with Crippen molar-refractivity contribution in [1.82, 2.24) is 24.9 Å². The fraction of sp³-hybridized carbons (Fsp3) is 0.556. The van der Waals surface area contributed by atoms with Gasteiger partial charge in [0.25, 0.3) is 5.91 Å². The normalized spacial score (nSPS) is 20.6. The molecule has 1 amide bonds. The summed E-state index contributed by atoms with van der Waals surface area (Å²) in [7, 11) is 3.88. The molecule has 0 aromatic carbocycles. The number of rotatable bonds is 4. The first kappa shape index (κ1) is 16.1. The molecule has 1 unspecified atom stereocenters. The van der Waals surface area contributed by atoms with Crippen molar-refractivity contribution in [2.75, 3.05) is 25.5 Å². The third-order valence-corrected chi connectivity index (χ3v) is 5.28. The first-order valence-corrected chi connectivity index (χ1v) is 8.99. The molecule has 3 heterocycles. The van der Waals surface area contributed by atoms with Crippen molar-refractivity contribution in [3.8, 4) is 0 Å². The van der Waals surface area contributed by atoms with Crippen molar-refractivity contribution >= 4 is 11.7 Å². The summed E-state index contributed by atoms with van der Waals surface area (Å²) in [5, 5.41) is 13.0. The summed E-state index contributed by atoms with van der Waals surface area (Å²) in [6.45, 7) is 0.759. The number of hydrogen-bond donors (Lipinski definition) is 0. The second-order valence-corrected chi connectivity index (χ2v) is 7.16. The van der Waals surface area contributed by atoms with Gasteiger partial charge in [0.15, 0.2) is 5.82 Å². The van der Waals surface area contributed by atoms with Crippen molar-refractivity contribution in [2.45, 2.75) is 44.2 Å². The van der Waals surface area contributed by atoms with Gasteiger partial charge in [-0.25, -0.2) is 0 Å². The van der Waals surface area contributed by atoms with Crippen LogP contribution in [0.25, 0.3) is 0 Å². The standard InChI is InChI=1S/C18H24N6O/c1-22(2)17-9-8-15(20-21-17)16-7-4-10-23(16)18(25)13-11-19-24(12-13)14-5-3-6-14/h8-9,11-12,14,16H,3-7,10H2,1-2H3. The van der Waals surface area contributed by atoms with E-state index in [1.54, 1.807) is 6.20 Å². The van der Waals surface area contributed by atoms with Crippen molar-refractivity contribution < 1.29 is 4.79 Å². The number of nitrogens with zero attached hydrogens (tertiary/aromatic N) is 6. The molecule has 2 aliphatic rings. The molecule has 4 rings (SSSR count). The number of amides is 1. The summed E-state index contributed by atoms with van der Waals surface area (Å²) in [6.07, 6.45) is 9.11. The summed E-state index contributed by atoms with van der Waals surface area (Å²) in [4.78, 5) is 16.8. The SMILES string of the molecule is CN(C)c1ccc(C2CCCN2C(=O)c2cnn(C3CCC3)c2)nn1. The van der Waals surface area contributed by atoms with Crippen LogP contribution in [0, 0.1) is 0 Å². The number of likely N-dealkylation sites (tertiary alicyclic amines) is 1. The predicted molar refractivity (Wildman–Crippen MR) is 94.5 cm³/mol. The molecular weight excluding hydrogens is 316 g/mol. The summed E-state index contributed by atoms with van der Waals surface area (Å²) >= 11 is 0. The Balaban J connectivity index is 1.52. The van der Waals surface area contributed by atoms with Gasteiger partial charge in [-0.05, 0) is 44.2 Å². The highest BCUT2D eigenvalue weighted by atomic mass is 16.2. The fourth-order valence-corrected chi connectivity index (χ4v) is 3.53. The minimum atomic E-state index is 0.00302. The van der Waals surface area contributed by atoms with E-state index >= 15 is 0 Å². The van der Waals surface area contributed by atoms with Gasteiger partial charge in [-0.3, -0.25) is 9.48 Å². The Kier molecular flexibility index (Phi) is 4.15. The number of carbonyl (C=O) groups excluding carboxylic acids is 1. The molecule has 2 aromatic rings. The summed E-state index contributed by atoms with van der Waals surface area (Å²) in [6, 6.07) is 4.41. The topological polar surface area (TPSA) is 67.2 Å². The van der Waals surface area contributed by atoms with Gasteiger partial charge >= 0.3 is 0 Å². The molecule has 0 spiro atoms. The maximum atomic E-state index is 13.0. The zero-order chi connectivity index (χ0) is 17.4. The maximum Gasteiger partial charge on any atom is 0.257 e. The lowest BCUT2D eigenvalue weighted by molar-refractivity contribution is 0.0732. The monoisotopic (exact) mass is 340 g/mol. The van der Waals surface area contributed by atoms with Crippen LogP contribution in [0.1, 0.15) is 60.2 Å². The van der Waals surface area contributed by atoms with Gasteiger partial charge in [-0.15, -0.1) is 5.10 Å². The molecule has 0 bridgehead atoms. The van der Waals surface area contributed by atoms with E-state index in [1.807, 2.05) is 46.9 Å². The van der Waals surface area contributed by atoms with E-state index in [4.69, 9.17) is 0 Å². The molecule has 1 saturated carbocycles. The van der Waals surface area contributed by atoms with Crippen LogP contribution in [0.15, 0.2) is 24.5 Å². The zero-order valence-corrected chi connectivity index (χ0v) is 14.8. The highest BCUT2D eigenvalue weighted by Gasteiger charge is 2.33. The van der Waals surface area contributed by atoms with Gasteiger partial charge < -0.3 is 9.80 Å². The van der Waals surface area contributed by atoms with E-state index in [-0.39, 0.29) is 11.9 Å². The van der Waals surface area contributed by atoms with Crippen LogP contribution in [-0.4, -0.2) is 51.4 Å². The van der Waals surface area contributed by atoms with Crippen LogP contribution >= 0.6 is 0 Å². The molecule has 25 heavy (non-hydrogen) atoms. The van der Waals surface area contributed by atoms with E-state index in [0.29, 0.717) is 11.6 Å². The van der Waals surface area contributed by atoms with E-state index < -0.39 is 0 Å². The second kappa shape index (κ2) is 6.46. The van der Waals surface area contributed by atoms with Crippen LogP contribution in [-0.2, 0) is 0 Å². The molecule has 7 nitrogen and oxygen atoms in total. The molecule has 132 valence electrons. The molecule has 2 aromatic heterocycles. The van der Waals surface area contributed by atoms with Gasteiger partial charge in [0, 0.05) is 26.8 Å². The highest BCUT2D eigenvalue weighted by molar-refractivity contribution is 5.94. The number of anilines is 1. The van der Waals surface area contributed by atoms with Crippen molar-refractivity contribution in [3.05, 3.63) is 35.8 Å².